The summed E-state index contributed by atoms with van der Waals surface area (Å²) in [6.07, 6.45) is 2.14. The second-order valence-corrected chi connectivity index (χ2v) is 5.74. The largest absolute Gasteiger partial charge is 0.388 e. The number of aromatic nitrogens is 1. The quantitative estimate of drug-likeness (QED) is 0.851. The molecule has 1 aromatic carbocycles. The lowest BCUT2D eigenvalue weighted by molar-refractivity contribution is 0.122. The van der Waals surface area contributed by atoms with Gasteiger partial charge in [0.1, 0.15) is 0 Å². The third-order valence-corrected chi connectivity index (χ3v) is 2.82. The first-order chi connectivity index (χ1) is 7.96. The first-order valence-corrected chi connectivity index (χ1v) is 5.98. The number of aliphatic hydroxyl groups is 1. The smallest absolute Gasteiger partial charge is 0.0795 e. The molecule has 1 N–H and O–H groups in total. The summed E-state index contributed by atoms with van der Waals surface area (Å²) in [5.74, 6) is 0. The van der Waals surface area contributed by atoms with Gasteiger partial charge >= 0.3 is 0 Å². The average Bonchev–Trinajstić information content (AvgIpc) is 2.26. The summed E-state index contributed by atoms with van der Waals surface area (Å²) in [5.41, 5.74) is 2.07. The van der Waals surface area contributed by atoms with Gasteiger partial charge in [-0.3, -0.25) is 4.98 Å². The number of aliphatic hydroxyl groups excluding tert-OH is 1. The highest BCUT2D eigenvalue weighted by Gasteiger charge is 2.18. The molecule has 0 amide bonds. The van der Waals surface area contributed by atoms with E-state index >= 15 is 0 Å². The molecule has 90 valence electrons. The van der Waals surface area contributed by atoms with Crippen molar-refractivity contribution >= 4 is 10.9 Å². The Balaban J connectivity index is 2.30. The zero-order valence-electron chi connectivity index (χ0n) is 10.6. The highest BCUT2D eigenvalue weighted by atomic mass is 16.3. The topological polar surface area (TPSA) is 33.1 Å². The molecule has 1 atom stereocenters. The maximum atomic E-state index is 10.2. The standard InChI is InChI=1S/C15H19NO/c1-15(2,3)10-14(17)12-6-7-13-11(9-12)5-4-8-16-13/h4-9,14,17H,10H2,1-3H3. The minimum atomic E-state index is -0.403. The van der Waals surface area contributed by atoms with E-state index in [-0.39, 0.29) is 5.41 Å². The molecule has 1 heterocycles. The van der Waals surface area contributed by atoms with Crippen LogP contribution in [0.1, 0.15) is 38.9 Å². The van der Waals surface area contributed by atoms with E-state index in [0.29, 0.717) is 0 Å². The van der Waals surface area contributed by atoms with Crippen molar-refractivity contribution in [2.24, 2.45) is 5.41 Å². The molecule has 0 spiro atoms. The molecule has 1 aromatic heterocycles. The lowest BCUT2D eigenvalue weighted by Crippen LogP contribution is -2.11. The number of hydrogen-bond donors (Lipinski definition) is 1. The van der Waals surface area contributed by atoms with Gasteiger partial charge in [0.25, 0.3) is 0 Å². The monoisotopic (exact) mass is 229 g/mol. The maximum absolute atomic E-state index is 10.2. The number of benzene rings is 1. The summed E-state index contributed by atoms with van der Waals surface area (Å²) in [6.45, 7) is 6.41. The lowest BCUT2D eigenvalue weighted by Gasteiger charge is -2.22. The zero-order valence-corrected chi connectivity index (χ0v) is 10.6. The normalized spacial score (nSPS) is 13.9. The summed E-state index contributed by atoms with van der Waals surface area (Å²) >= 11 is 0. The molecule has 0 saturated carbocycles. The Labute approximate surface area is 102 Å². The van der Waals surface area contributed by atoms with Gasteiger partial charge in [-0.2, -0.15) is 0 Å². The summed E-state index contributed by atoms with van der Waals surface area (Å²) in [7, 11) is 0. The van der Waals surface area contributed by atoms with Crippen molar-refractivity contribution in [2.45, 2.75) is 33.3 Å². The maximum Gasteiger partial charge on any atom is 0.0795 e. The van der Waals surface area contributed by atoms with Crippen LogP contribution in [0.5, 0.6) is 0 Å². The van der Waals surface area contributed by atoms with Gasteiger partial charge in [-0.15, -0.1) is 0 Å². The molecule has 2 heteroatoms. The van der Waals surface area contributed by atoms with Crippen molar-refractivity contribution in [1.82, 2.24) is 4.98 Å². The van der Waals surface area contributed by atoms with E-state index in [0.717, 1.165) is 22.9 Å². The van der Waals surface area contributed by atoms with Gasteiger partial charge in [0, 0.05) is 11.6 Å². The third-order valence-electron chi connectivity index (χ3n) is 2.82. The predicted molar refractivity (Wildman–Crippen MR) is 70.8 cm³/mol. The summed E-state index contributed by atoms with van der Waals surface area (Å²) < 4.78 is 0. The molecular weight excluding hydrogens is 210 g/mol. The van der Waals surface area contributed by atoms with E-state index in [1.807, 2.05) is 30.3 Å². The third kappa shape index (κ3) is 3.04. The van der Waals surface area contributed by atoms with E-state index in [4.69, 9.17) is 0 Å². The second kappa shape index (κ2) is 4.46. The van der Waals surface area contributed by atoms with Gasteiger partial charge in [-0.05, 0) is 35.6 Å². The van der Waals surface area contributed by atoms with Crippen LogP contribution in [-0.2, 0) is 0 Å². The fraction of sp³-hybridized carbons (Fsp3) is 0.400. The van der Waals surface area contributed by atoms with Crippen molar-refractivity contribution in [1.29, 1.82) is 0 Å². The first-order valence-electron chi connectivity index (χ1n) is 5.98. The molecule has 1 unspecified atom stereocenters. The van der Waals surface area contributed by atoms with Crippen LogP contribution >= 0.6 is 0 Å². The van der Waals surface area contributed by atoms with Crippen LogP contribution in [-0.4, -0.2) is 10.1 Å². The molecule has 0 aliphatic rings. The predicted octanol–water partition coefficient (Wildman–Crippen LogP) is 3.70. The number of rotatable bonds is 2. The molecule has 0 aliphatic heterocycles. The summed E-state index contributed by atoms with van der Waals surface area (Å²) in [5, 5.41) is 11.3. The van der Waals surface area contributed by atoms with Gasteiger partial charge in [-0.1, -0.05) is 32.9 Å². The Bertz CT molecular complexity index is 514. The van der Waals surface area contributed by atoms with E-state index in [2.05, 4.69) is 25.8 Å². The highest BCUT2D eigenvalue weighted by Crippen LogP contribution is 2.30. The zero-order chi connectivity index (χ0) is 12.5. The van der Waals surface area contributed by atoms with Crippen molar-refractivity contribution in [3.8, 4) is 0 Å². The Morgan fingerprint density at radius 3 is 2.71 bits per heavy atom. The Morgan fingerprint density at radius 2 is 2.00 bits per heavy atom. The molecule has 0 bridgehead atoms. The van der Waals surface area contributed by atoms with Crippen LogP contribution in [0.2, 0.25) is 0 Å². The molecule has 0 saturated heterocycles. The van der Waals surface area contributed by atoms with Crippen LogP contribution in [0.25, 0.3) is 10.9 Å². The molecule has 2 aromatic rings. The van der Waals surface area contributed by atoms with Gasteiger partial charge in [0.05, 0.1) is 11.6 Å². The molecule has 0 fully saturated rings. The fourth-order valence-corrected chi connectivity index (χ4v) is 2.00. The van der Waals surface area contributed by atoms with Crippen LogP contribution in [0, 0.1) is 5.41 Å². The van der Waals surface area contributed by atoms with Gasteiger partial charge < -0.3 is 5.11 Å². The van der Waals surface area contributed by atoms with E-state index in [1.165, 1.54) is 0 Å². The van der Waals surface area contributed by atoms with E-state index in [9.17, 15) is 5.11 Å². The fourth-order valence-electron chi connectivity index (χ4n) is 2.00. The van der Waals surface area contributed by atoms with Crippen LogP contribution in [0.15, 0.2) is 36.5 Å². The minimum absolute atomic E-state index is 0.128. The number of nitrogens with zero attached hydrogens (tertiary/aromatic N) is 1. The molecule has 2 rings (SSSR count). The molecular formula is C15H19NO. The lowest BCUT2D eigenvalue weighted by atomic mass is 9.87. The van der Waals surface area contributed by atoms with E-state index in [1.54, 1.807) is 6.20 Å². The van der Waals surface area contributed by atoms with E-state index < -0.39 is 6.10 Å². The average molecular weight is 229 g/mol. The summed E-state index contributed by atoms with van der Waals surface area (Å²) in [4.78, 5) is 4.27. The molecule has 2 nitrogen and oxygen atoms in total. The molecule has 17 heavy (non-hydrogen) atoms. The molecule has 0 radical (unpaired) electrons. The van der Waals surface area contributed by atoms with Gasteiger partial charge in [0.2, 0.25) is 0 Å². The van der Waals surface area contributed by atoms with Crippen LogP contribution in [0.3, 0.4) is 0 Å². The van der Waals surface area contributed by atoms with Gasteiger partial charge in [0.15, 0.2) is 0 Å². The second-order valence-electron chi connectivity index (χ2n) is 5.74. The highest BCUT2D eigenvalue weighted by molar-refractivity contribution is 5.78. The Morgan fingerprint density at radius 1 is 1.24 bits per heavy atom. The van der Waals surface area contributed by atoms with Crippen molar-refractivity contribution in [3.63, 3.8) is 0 Å². The van der Waals surface area contributed by atoms with Gasteiger partial charge in [-0.25, -0.2) is 0 Å². The summed E-state index contributed by atoms with van der Waals surface area (Å²) in [6, 6.07) is 9.90. The number of fused-ring (bicyclic) bond motifs is 1. The number of pyridine rings is 1. The van der Waals surface area contributed by atoms with Crippen molar-refractivity contribution in [3.05, 3.63) is 42.1 Å². The number of hydrogen-bond acceptors (Lipinski definition) is 2. The van der Waals surface area contributed by atoms with Crippen LogP contribution in [0.4, 0.5) is 0 Å². The first kappa shape index (κ1) is 12.1. The van der Waals surface area contributed by atoms with Crippen LogP contribution < -0.4 is 0 Å². The Kier molecular flexibility index (Phi) is 3.16. The Hall–Kier alpha value is -1.41. The van der Waals surface area contributed by atoms with Crippen molar-refractivity contribution < 1.29 is 5.11 Å². The molecule has 0 aliphatic carbocycles. The van der Waals surface area contributed by atoms with Crippen molar-refractivity contribution in [2.75, 3.05) is 0 Å². The SMILES string of the molecule is CC(C)(C)CC(O)c1ccc2ncccc2c1. The minimum Gasteiger partial charge on any atom is -0.388 e.